The number of hydrogen-bond acceptors (Lipinski definition) is 5. The molecule has 0 spiro atoms. The van der Waals surface area contributed by atoms with Crippen molar-refractivity contribution in [3.63, 3.8) is 0 Å². The van der Waals surface area contributed by atoms with E-state index in [1.54, 1.807) is 17.6 Å². The third kappa shape index (κ3) is 3.41. The van der Waals surface area contributed by atoms with Crippen molar-refractivity contribution in [2.24, 2.45) is 0 Å². The third-order valence-electron chi connectivity index (χ3n) is 3.26. The second kappa shape index (κ2) is 6.83. The normalized spacial score (nSPS) is 12.0. The number of carbonyl (C=O) groups excluding carboxylic acids is 1. The summed E-state index contributed by atoms with van der Waals surface area (Å²) in [4.78, 5) is 16.3. The minimum atomic E-state index is -0.676. The smallest absolute Gasteiger partial charge is 0.251 e. The highest BCUT2D eigenvalue weighted by Crippen LogP contribution is 2.19. The standard InChI is InChI=1S/C16H14N2O2S2/c19-15(13-5-6-21-8-13)7-17-16(20)12-3-1-11(2-4-12)14-9-22-10-18-14/h1-6,8-10,15,19H,7H2,(H,17,20). The van der Waals surface area contributed by atoms with Gasteiger partial charge >= 0.3 is 0 Å². The number of benzene rings is 1. The molecule has 2 N–H and O–H groups in total. The molecule has 0 radical (unpaired) electrons. The first kappa shape index (κ1) is 14.9. The summed E-state index contributed by atoms with van der Waals surface area (Å²) in [7, 11) is 0. The highest BCUT2D eigenvalue weighted by atomic mass is 32.1. The first-order valence-electron chi connectivity index (χ1n) is 6.71. The molecule has 0 fully saturated rings. The van der Waals surface area contributed by atoms with Crippen LogP contribution in [0, 0.1) is 0 Å². The van der Waals surface area contributed by atoms with Crippen LogP contribution < -0.4 is 5.32 Å². The van der Waals surface area contributed by atoms with Crippen LogP contribution in [0.3, 0.4) is 0 Å². The topological polar surface area (TPSA) is 62.2 Å². The zero-order valence-corrected chi connectivity index (χ0v) is 13.2. The van der Waals surface area contributed by atoms with Gasteiger partial charge in [-0.25, -0.2) is 4.98 Å². The van der Waals surface area contributed by atoms with Crippen molar-refractivity contribution in [2.75, 3.05) is 6.54 Å². The Morgan fingerprint density at radius 2 is 2.00 bits per heavy atom. The molecule has 2 heterocycles. The van der Waals surface area contributed by atoms with Crippen LogP contribution in [0.15, 0.2) is 52.0 Å². The molecule has 1 atom stereocenters. The average molecular weight is 330 g/mol. The summed E-state index contributed by atoms with van der Waals surface area (Å²) in [6.07, 6.45) is -0.676. The van der Waals surface area contributed by atoms with Gasteiger partial charge in [-0.3, -0.25) is 4.79 Å². The Bertz CT molecular complexity index is 722. The van der Waals surface area contributed by atoms with Gasteiger partial charge in [-0.1, -0.05) is 12.1 Å². The number of aliphatic hydroxyl groups is 1. The summed E-state index contributed by atoms with van der Waals surface area (Å²) in [5.41, 5.74) is 5.06. The van der Waals surface area contributed by atoms with Crippen molar-refractivity contribution in [2.45, 2.75) is 6.10 Å². The van der Waals surface area contributed by atoms with Crippen LogP contribution in [0.4, 0.5) is 0 Å². The van der Waals surface area contributed by atoms with E-state index in [0.29, 0.717) is 5.56 Å². The number of nitrogens with zero attached hydrogens (tertiary/aromatic N) is 1. The second-order valence-corrected chi connectivity index (χ2v) is 6.23. The van der Waals surface area contributed by atoms with Crippen molar-refractivity contribution in [3.05, 3.63) is 63.1 Å². The van der Waals surface area contributed by atoms with Gasteiger partial charge in [0.2, 0.25) is 0 Å². The number of thiazole rings is 1. The van der Waals surface area contributed by atoms with E-state index in [-0.39, 0.29) is 12.5 Å². The lowest BCUT2D eigenvalue weighted by atomic mass is 10.1. The number of hydrogen-bond donors (Lipinski definition) is 2. The maximum atomic E-state index is 12.1. The largest absolute Gasteiger partial charge is 0.387 e. The summed E-state index contributed by atoms with van der Waals surface area (Å²) < 4.78 is 0. The first-order valence-corrected chi connectivity index (χ1v) is 8.59. The molecule has 0 aliphatic heterocycles. The van der Waals surface area contributed by atoms with Crippen molar-refractivity contribution < 1.29 is 9.90 Å². The molecule has 2 aromatic heterocycles. The predicted octanol–water partition coefficient (Wildman–Crippen LogP) is 3.34. The van der Waals surface area contributed by atoms with Gasteiger partial charge in [0, 0.05) is 23.1 Å². The van der Waals surface area contributed by atoms with E-state index in [2.05, 4.69) is 10.3 Å². The Labute approximate surface area is 136 Å². The molecular weight excluding hydrogens is 316 g/mol. The average Bonchev–Trinajstić information content (AvgIpc) is 3.25. The molecular formula is C16H14N2O2S2. The summed E-state index contributed by atoms with van der Waals surface area (Å²) in [6, 6.07) is 9.13. The molecule has 0 aliphatic rings. The molecule has 4 nitrogen and oxygen atoms in total. The monoisotopic (exact) mass is 330 g/mol. The fraction of sp³-hybridized carbons (Fsp3) is 0.125. The molecule has 1 aromatic carbocycles. The van der Waals surface area contributed by atoms with E-state index in [1.807, 2.05) is 34.3 Å². The quantitative estimate of drug-likeness (QED) is 0.754. The Hall–Kier alpha value is -2.02. The van der Waals surface area contributed by atoms with Gasteiger partial charge in [-0.15, -0.1) is 11.3 Å². The van der Waals surface area contributed by atoms with Gasteiger partial charge < -0.3 is 10.4 Å². The van der Waals surface area contributed by atoms with Gasteiger partial charge in [0.15, 0.2) is 0 Å². The summed E-state index contributed by atoms with van der Waals surface area (Å²) in [6.45, 7) is 0.198. The Morgan fingerprint density at radius 3 is 2.64 bits per heavy atom. The number of thiophene rings is 1. The number of amides is 1. The van der Waals surface area contributed by atoms with Gasteiger partial charge in [0.25, 0.3) is 5.91 Å². The lowest BCUT2D eigenvalue weighted by Gasteiger charge is -2.10. The van der Waals surface area contributed by atoms with E-state index in [0.717, 1.165) is 16.8 Å². The Morgan fingerprint density at radius 1 is 1.18 bits per heavy atom. The van der Waals surface area contributed by atoms with Crippen LogP contribution in [0.5, 0.6) is 0 Å². The van der Waals surface area contributed by atoms with Gasteiger partial charge in [-0.2, -0.15) is 11.3 Å². The van der Waals surface area contributed by atoms with Crippen LogP contribution in [0.1, 0.15) is 22.0 Å². The van der Waals surface area contributed by atoms with Crippen LogP contribution in [-0.4, -0.2) is 22.5 Å². The fourth-order valence-corrected chi connectivity index (χ4v) is 3.29. The van der Waals surface area contributed by atoms with E-state index in [4.69, 9.17) is 0 Å². The minimum absolute atomic E-state index is 0.195. The number of aromatic nitrogens is 1. The summed E-state index contributed by atoms with van der Waals surface area (Å²) >= 11 is 3.06. The molecule has 22 heavy (non-hydrogen) atoms. The minimum Gasteiger partial charge on any atom is -0.387 e. The predicted molar refractivity (Wildman–Crippen MR) is 89.2 cm³/mol. The molecule has 0 bridgehead atoms. The van der Waals surface area contributed by atoms with Gasteiger partial charge in [0.05, 0.1) is 17.3 Å². The van der Waals surface area contributed by atoms with Crippen molar-refractivity contribution in [1.29, 1.82) is 0 Å². The molecule has 1 unspecified atom stereocenters. The van der Waals surface area contributed by atoms with Crippen LogP contribution in [0.25, 0.3) is 11.3 Å². The van der Waals surface area contributed by atoms with Crippen molar-refractivity contribution in [3.8, 4) is 11.3 Å². The number of nitrogens with one attached hydrogen (secondary N) is 1. The maximum Gasteiger partial charge on any atom is 0.251 e. The molecule has 112 valence electrons. The van der Waals surface area contributed by atoms with Crippen LogP contribution in [-0.2, 0) is 0 Å². The van der Waals surface area contributed by atoms with E-state index in [9.17, 15) is 9.90 Å². The molecule has 6 heteroatoms. The third-order valence-corrected chi connectivity index (χ3v) is 4.55. The first-order chi connectivity index (χ1) is 10.7. The van der Waals surface area contributed by atoms with Crippen LogP contribution >= 0.6 is 22.7 Å². The molecule has 0 saturated heterocycles. The number of carbonyl (C=O) groups is 1. The Balaban J connectivity index is 1.60. The molecule has 0 saturated carbocycles. The summed E-state index contributed by atoms with van der Waals surface area (Å²) in [5.74, 6) is -0.195. The lowest BCUT2D eigenvalue weighted by molar-refractivity contribution is 0.0916. The lowest BCUT2D eigenvalue weighted by Crippen LogP contribution is -2.28. The van der Waals surface area contributed by atoms with E-state index >= 15 is 0 Å². The fourth-order valence-electron chi connectivity index (χ4n) is 2.02. The maximum absolute atomic E-state index is 12.1. The number of rotatable bonds is 5. The van der Waals surface area contributed by atoms with E-state index < -0.39 is 6.10 Å². The van der Waals surface area contributed by atoms with Gasteiger partial charge in [-0.05, 0) is 34.5 Å². The molecule has 0 aliphatic carbocycles. The molecule has 3 rings (SSSR count). The molecule has 3 aromatic rings. The van der Waals surface area contributed by atoms with Crippen LogP contribution in [0.2, 0.25) is 0 Å². The molecule has 1 amide bonds. The zero-order valence-electron chi connectivity index (χ0n) is 11.6. The zero-order chi connectivity index (χ0) is 15.4. The SMILES string of the molecule is O=C(NCC(O)c1ccsc1)c1ccc(-c2cscn2)cc1. The summed E-state index contributed by atoms with van der Waals surface area (Å²) in [5, 5.41) is 18.4. The second-order valence-electron chi connectivity index (χ2n) is 4.73. The number of aliphatic hydroxyl groups excluding tert-OH is 1. The highest BCUT2D eigenvalue weighted by molar-refractivity contribution is 7.08. The van der Waals surface area contributed by atoms with Crippen molar-refractivity contribution >= 4 is 28.6 Å². The highest BCUT2D eigenvalue weighted by Gasteiger charge is 2.11. The van der Waals surface area contributed by atoms with E-state index in [1.165, 1.54) is 22.7 Å². The van der Waals surface area contributed by atoms with Crippen molar-refractivity contribution in [1.82, 2.24) is 10.3 Å². The Kier molecular flexibility index (Phi) is 4.62. The van der Waals surface area contributed by atoms with Gasteiger partial charge in [0.1, 0.15) is 0 Å².